The molecule has 0 saturated heterocycles. The first kappa shape index (κ1) is 16.5. The fourth-order valence-electron chi connectivity index (χ4n) is 2.54. The summed E-state index contributed by atoms with van der Waals surface area (Å²) in [4.78, 5) is 0. The van der Waals surface area contributed by atoms with Gasteiger partial charge in [-0.1, -0.05) is 54.6 Å². The van der Waals surface area contributed by atoms with Crippen LogP contribution in [0.3, 0.4) is 0 Å². The summed E-state index contributed by atoms with van der Waals surface area (Å²) in [5.74, 6) is 1.64. The minimum atomic E-state index is -1.47. The van der Waals surface area contributed by atoms with Crippen LogP contribution < -0.4 is 9.92 Å². The fraction of sp³-hybridized carbons (Fsp3) is 0.100. The van der Waals surface area contributed by atoms with E-state index in [9.17, 15) is 0 Å². The van der Waals surface area contributed by atoms with Crippen molar-refractivity contribution >= 4 is 14.5 Å². The molecule has 0 atom stereocenters. The highest BCUT2D eigenvalue weighted by molar-refractivity contribution is 6.63. The largest absolute Gasteiger partial charge is 0.457 e. The molecule has 24 heavy (non-hydrogen) atoms. The van der Waals surface area contributed by atoms with Crippen molar-refractivity contribution in [1.29, 1.82) is 0 Å². The van der Waals surface area contributed by atoms with Crippen molar-refractivity contribution in [3.05, 3.63) is 78.9 Å². The molecule has 0 aliphatic heterocycles. The van der Waals surface area contributed by atoms with Crippen LogP contribution in [0.15, 0.2) is 78.9 Å². The first-order valence-electron chi connectivity index (χ1n) is 7.69. The lowest BCUT2D eigenvalue weighted by atomic mass is 10.1. The lowest BCUT2D eigenvalue weighted by Gasteiger charge is -2.15. The van der Waals surface area contributed by atoms with Crippen LogP contribution in [-0.2, 0) is 8.85 Å². The normalized spacial score (nSPS) is 10.8. The van der Waals surface area contributed by atoms with Gasteiger partial charge in [-0.05, 0) is 35.4 Å². The molecule has 0 heterocycles. The van der Waals surface area contributed by atoms with Crippen molar-refractivity contribution in [3.8, 4) is 22.6 Å². The number of rotatable bonds is 6. The Balaban J connectivity index is 1.86. The maximum absolute atomic E-state index is 5.85. The van der Waals surface area contributed by atoms with Gasteiger partial charge in [0.2, 0.25) is 0 Å². The van der Waals surface area contributed by atoms with E-state index >= 15 is 0 Å². The van der Waals surface area contributed by atoms with Crippen molar-refractivity contribution in [2.45, 2.75) is 0 Å². The molecule has 0 aliphatic rings. The molecule has 3 nitrogen and oxygen atoms in total. The van der Waals surface area contributed by atoms with E-state index in [4.69, 9.17) is 13.6 Å². The van der Waals surface area contributed by atoms with Crippen LogP contribution in [0.4, 0.5) is 0 Å². The van der Waals surface area contributed by atoms with Crippen LogP contribution in [0, 0.1) is 0 Å². The molecule has 3 aromatic rings. The summed E-state index contributed by atoms with van der Waals surface area (Å²) in [6, 6.07) is 26.0. The van der Waals surface area contributed by atoms with Gasteiger partial charge in [-0.15, -0.1) is 0 Å². The third-order valence-corrected chi connectivity index (χ3v) is 5.28. The number of benzene rings is 3. The topological polar surface area (TPSA) is 27.7 Å². The molecule has 0 fully saturated rings. The maximum atomic E-state index is 5.85. The second kappa shape index (κ2) is 7.92. The van der Waals surface area contributed by atoms with E-state index in [1.807, 2.05) is 54.6 Å². The summed E-state index contributed by atoms with van der Waals surface area (Å²) in [7, 11) is 1.90. The van der Waals surface area contributed by atoms with Gasteiger partial charge in [0, 0.05) is 19.4 Å². The minimum Gasteiger partial charge on any atom is -0.457 e. The first-order chi connectivity index (χ1) is 11.8. The third kappa shape index (κ3) is 3.74. The summed E-state index contributed by atoms with van der Waals surface area (Å²) in [6.07, 6.45) is 0. The molecule has 4 heteroatoms. The van der Waals surface area contributed by atoms with Crippen molar-refractivity contribution in [3.63, 3.8) is 0 Å². The molecule has 0 spiro atoms. The quantitative estimate of drug-likeness (QED) is 0.634. The molecular formula is C20H19O3Si. The van der Waals surface area contributed by atoms with E-state index in [0.29, 0.717) is 0 Å². The van der Waals surface area contributed by atoms with Gasteiger partial charge in [-0.2, -0.15) is 0 Å². The zero-order chi connectivity index (χ0) is 16.8. The smallest absolute Gasteiger partial charge is 0.423 e. The van der Waals surface area contributed by atoms with Gasteiger partial charge >= 0.3 is 9.28 Å². The van der Waals surface area contributed by atoms with Gasteiger partial charge < -0.3 is 13.6 Å². The summed E-state index contributed by atoms with van der Waals surface area (Å²) in [6.45, 7) is 0. The Hall–Kier alpha value is -2.40. The molecule has 0 unspecified atom stereocenters. The molecule has 0 bridgehead atoms. The monoisotopic (exact) mass is 335 g/mol. The average Bonchev–Trinajstić information content (AvgIpc) is 2.65. The van der Waals surface area contributed by atoms with E-state index in [-0.39, 0.29) is 0 Å². The first-order valence-corrected chi connectivity index (χ1v) is 9.01. The Morgan fingerprint density at radius 3 is 1.88 bits per heavy atom. The number of hydrogen-bond acceptors (Lipinski definition) is 3. The zero-order valence-electron chi connectivity index (χ0n) is 13.7. The Morgan fingerprint density at radius 1 is 0.625 bits per heavy atom. The summed E-state index contributed by atoms with van der Waals surface area (Å²) < 4.78 is 16.9. The molecule has 121 valence electrons. The number of hydrogen-bond donors (Lipinski definition) is 0. The molecule has 3 aromatic carbocycles. The van der Waals surface area contributed by atoms with E-state index in [2.05, 4.69) is 24.3 Å². The van der Waals surface area contributed by atoms with Crippen LogP contribution in [0.1, 0.15) is 0 Å². The number of para-hydroxylation sites is 1. The van der Waals surface area contributed by atoms with Gasteiger partial charge in [0.15, 0.2) is 0 Å². The van der Waals surface area contributed by atoms with Gasteiger partial charge in [-0.3, -0.25) is 0 Å². The van der Waals surface area contributed by atoms with Crippen molar-refractivity contribution in [2.24, 2.45) is 0 Å². The minimum absolute atomic E-state index is 0.812. The van der Waals surface area contributed by atoms with E-state index in [1.165, 1.54) is 0 Å². The van der Waals surface area contributed by atoms with Crippen LogP contribution in [0.25, 0.3) is 11.1 Å². The van der Waals surface area contributed by atoms with Gasteiger partial charge in [0.25, 0.3) is 0 Å². The lowest BCUT2D eigenvalue weighted by molar-refractivity contribution is 0.292. The number of ether oxygens (including phenoxy) is 1. The van der Waals surface area contributed by atoms with E-state index in [0.717, 1.165) is 27.8 Å². The van der Waals surface area contributed by atoms with Crippen LogP contribution in [0.5, 0.6) is 11.5 Å². The predicted molar refractivity (Wildman–Crippen MR) is 97.8 cm³/mol. The Kier molecular flexibility index (Phi) is 5.43. The molecule has 0 amide bonds. The predicted octanol–water partition coefficient (Wildman–Crippen LogP) is 4.13. The molecule has 0 saturated carbocycles. The van der Waals surface area contributed by atoms with Crippen molar-refractivity contribution in [1.82, 2.24) is 0 Å². The summed E-state index contributed by atoms with van der Waals surface area (Å²) >= 11 is 0. The van der Waals surface area contributed by atoms with Crippen LogP contribution in [0.2, 0.25) is 0 Å². The second-order valence-electron chi connectivity index (χ2n) is 5.18. The molecule has 0 aromatic heterocycles. The lowest BCUT2D eigenvalue weighted by Crippen LogP contribution is -2.36. The molecule has 0 N–H and O–H groups in total. The average molecular weight is 335 g/mol. The van der Waals surface area contributed by atoms with Crippen molar-refractivity contribution in [2.75, 3.05) is 14.2 Å². The zero-order valence-corrected chi connectivity index (χ0v) is 14.7. The van der Waals surface area contributed by atoms with Gasteiger partial charge in [-0.25, -0.2) is 0 Å². The highest BCUT2D eigenvalue weighted by atomic mass is 28.3. The summed E-state index contributed by atoms with van der Waals surface area (Å²) in [5.41, 5.74) is 2.24. The van der Waals surface area contributed by atoms with Crippen molar-refractivity contribution < 1.29 is 13.6 Å². The van der Waals surface area contributed by atoms with Crippen LogP contribution in [-0.4, -0.2) is 23.5 Å². The standard InChI is InChI=1S/C20H19O3Si/c1-21-24(22-2)20-11-7-6-10-19(20)16-12-14-18(15-13-16)23-17-8-4-3-5-9-17/h3-15H,1-2H3. The Bertz CT molecular complexity index is 768. The highest BCUT2D eigenvalue weighted by Crippen LogP contribution is 2.25. The highest BCUT2D eigenvalue weighted by Gasteiger charge is 2.20. The summed E-state index contributed by atoms with van der Waals surface area (Å²) in [5, 5.41) is 1.10. The van der Waals surface area contributed by atoms with Gasteiger partial charge in [0.1, 0.15) is 11.5 Å². The Morgan fingerprint density at radius 2 is 1.21 bits per heavy atom. The van der Waals surface area contributed by atoms with Gasteiger partial charge in [0.05, 0.1) is 0 Å². The molecule has 3 rings (SSSR count). The SMILES string of the molecule is CO[Si](OC)c1ccccc1-c1ccc(Oc2ccccc2)cc1. The third-order valence-electron chi connectivity index (χ3n) is 3.66. The second-order valence-corrected chi connectivity index (χ2v) is 7.11. The van der Waals surface area contributed by atoms with Crippen LogP contribution >= 0.6 is 0 Å². The Labute approximate surface area is 144 Å². The van der Waals surface area contributed by atoms with E-state index < -0.39 is 9.28 Å². The molecular weight excluding hydrogens is 316 g/mol. The maximum Gasteiger partial charge on any atom is 0.423 e. The fourth-order valence-corrected chi connectivity index (χ4v) is 3.83. The van der Waals surface area contributed by atoms with E-state index in [1.54, 1.807) is 14.2 Å². The molecule has 1 radical (unpaired) electrons. The molecule has 0 aliphatic carbocycles.